The number of benzene rings is 1. The second kappa shape index (κ2) is 6.89. The summed E-state index contributed by atoms with van der Waals surface area (Å²) in [6.45, 7) is 4.40. The second-order valence-corrected chi connectivity index (χ2v) is 7.54. The third kappa shape index (κ3) is 3.16. The quantitative estimate of drug-likeness (QED) is 0.690. The van der Waals surface area contributed by atoms with E-state index in [-0.39, 0.29) is 0 Å². The maximum atomic E-state index is 4.55. The first kappa shape index (κ1) is 15.6. The molecule has 124 valence electrons. The first-order valence-electron chi connectivity index (χ1n) is 8.84. The number of hydrogen-bond acceptors (Lipinski definition) is 4. The fourth-order valence-electron chi connectivity index (χ4n) is 3.62. The van der Waals surface area contributed by atoms with Crippen LogP contribution in [-0.2, 0) is 12.8 Å². The Morgan fingerprint density at radius 2 is 1.79 bits per heavy atom. The summed E-state index contributed by atoms with van der Waals surface area (Å²) >= 11 is 1.69. The number of anilines is 1. The maximum Gasteiger partial charge on any atom is 0.140 e. The van der Waals surface area contributed by atoms with Gasteiger partial charge in [-0.05, 0) is 54.2 Å². The standard InChI is InChI=1S/C20H23N3S/c1-2-15-3-5-16(6-4-15)13-17-7-10-23(11-8-17)19-18-9-12-24-20(18)22-14-21-19/h3-6,9,12,14,17H,2,7-8,10-11,13H2,1H3. The van der Waals surface area contributed by atoms with Crippen molar-refractivity contribution in [3.05, 3.63) is 53.2 Å². The number of nitrogens with zero attached hydrogens (tertiary/aromatic N) is 3. The molecule has 0 amide bonds. The van der Waals surface area contributed by atoms with Crippen LogP contribution in [0.2, 0.25) is 0 Å². The summed E-state index contributed by atoms with van der Waals surface area (Å²) in [7, 11) is 0. The predicted molar refractivity (Wildman–Crippen MR) is 102 cm³/mol. The minimum Gasteiger partial charge on any atom is -0.356 e. The highest BCUT2D eigenvalue weighted by molar-refractivity contribution is 7.16. The van der Waals surface area contributed by atoms with Crippen LogP contribution in [0.15, 0.2) is 42.0 Å². The first-order valence-corrected chi connectivity index (χ1v) is 9.72. The van der Waals surface area contributed by atoms with Gasteiger partial charge in [0, 0.05) is 13.1 Å². The molecule has 1 aliphatic rings. The molecule has 0 radical (unpaired) electrons. The third-order valence-corrected chi connectivity index (χ3v) is 5.93. The fraction of sp³-hybridized carbons (Fsp3) is 0.400. The molecule has 3 nitrogen and oxygen atoms in total. The molecule has 1 aromatic carbocycles. The number of piperidine rings is 1. The van der Waals surface area contributed by atoms with Gasteiger partial charge in [-0.2, -0.15) is 0 Å². The molecular formula is C20H23N3S. The molecule has 2 aromatic heterocycles. The highest BCUT2D eigenvalue weighted by Gasteiger charge is 2.22. The molecule has 0 bridgehead atoms. The van der Waals surface area contributed by atoms with E-state index in [1.165, 1.54) is 35.8 Å². The SMILES string of the molecule is CCc1ccc(CC2CCN(c3ncnc4sccc34)CC2)cc1. The Bertz CT molecular complexity index is 801. The van der Waals surface area contributed by atoms with Gasteiger partial charge in [-0.3, -0.25) is 0 Å². The van der Waals surface area contributed by atoms with Crippen LogP contribution in [0.3, 0.4) is 0 Å². The van der Waals surface area contributed by atoms with Gasteiger partial charge in [0.15, 0.2) is 0 Å². The van der Waals surface area contributed by atoms with Gasteiger partial charge in [0.25, 0.3) is 0 Å². The Morgan fingerprint density at radius 1 is 1.04 bits per heavy atom. The lowest BCUT2D eigenvalue weighted by atomic mass is 9.90. The van der Waals surface area contributed by atoms with Crippen molar-refractivity contribution < 1.29 is 0 Å². The molecule has 1 aliphatic heterocycles. The maximum absolute atomic E-state index is 4.55. The first-order chi connectivity index (χ1) is 11.8. The van der Waals surface area contributed by atoms with Crippen molar-refractivity contribution in [2.75, 3.05) is 18.0 Å². The fourth-order valence-corrected chi connectivity index (χ4v) is 4.35. The lowest BCUT2D eigenvalue weighted by Crippen LogP contribution is -2.35. The van der Waals surface area contributed by atoms with Gasteiger partial charge >= 0.3 is 0 Å². The molecule has 1 saturated heterocycles. The molecule has 0 N–H and O–H groups in total. The second-order valence-electron chi connectivity index (χ2n) is 6.64. The minimum absolute atomic E-state index is 0.786. The van der Waals surface area contributed by atoms with Crippen LogP contribution in [0.25, 0.3) is 10.2 Å². The van der Waals surface area contributed by atoms with Crippen molar-refractivity contribution >= 4 is 27.4 Å². The normalized spacial score (nSPS) is 16.0. The molecule has 0 atom stereocenters. The molecule has 1 fully saturated rings. The number of aromatic nitrogens is 2. The predicted octanol–water partition coefficient (Wildman–Crippen LogP) is 4.71. The molecule has 0 saturated carbocycles. The Labute approximate surface area is 147 Å². The van der Waals surface area contributed by atoms with E-state index in [1.54, 1.807) is 17.7 Å². The van der Waals surface area contributed by atoms with E-state index in [4.69, 9.17) is 0 Å². The molecule has 0 spiro atoms. The van der Waals surface area contributed by atoms with Crippen molar-refractivity contribution in [1.29, 1.82) is 0 Å². The summed E-state index contributed by atoms with van der Waals surface area (Å²) in [4.78, 5) is 12.4. The number of thiophene rings is 1. The van der Waals surface area contributed by atoms with Gasteiger partial charge < -0.3 is 4.90 Å². The van der Waals surface area contributed by atoms with Crippen LogP contribution in [-0.4, -0.2) is 23.1 Å². The Balaban J connectivity index is 1.40. The van der Waals surface area contributed by atoms with Crippen molar-refractivity contribution in [2.24, 2.45) is 5.92 Å². The zero-order valence-electron chi connectivity index (χ0n) is 14.1. The van der Waals surface area contributed by atoms with Crippen LogP contribution in [0.1, 0.15) is 30.9 Å². The van der Waals surface area contributed by atoms with Crippen molar-refractivity contribution in [3.63, 3.8) is 0 Å². The highest BCUT2D eigenvalue weighted by atomic mass is 32.1. The summed E-state index contributed by atoms with van der Waals surface area (Å²) < 4.78 is 0. The zero-order chi connectivity index (χ0) is 16.4. The van der Waals surface area contributed by atoms with E-state index in [9.17, 15) is 0 Å². The van der Waals surface area contributed by atoms with Gasteiger partial charge in [-0.15, -0.1) is 11.3 Å². The van der Waals surface area contributed by atoms with Gasteiger partial charge in [0.2, 0.25) is 0 Å². The molecule has 3 heterocycles. The van der Waals surface area contributed by atoms with Crippen LogP contribution in [0, 0.1) is 5.92 Å². The topological polar surface area (TPSA) is 29.0 Å². The van der Waals surface area contributed by atoms with Gasteiger partial charge in [0.1, 0.15) is 17.0 Å². The largest absolute Gasteiger partial charge is 0.356 e. The average molecular weight is 337 g/mol. The van der Waals surface area contributed by atoms with Gasteiger partial charge in [-0.1, -0.05) is 31.2 Å². The Hall–Kier alpha value is -1.94. The summed E-state index contributed by atoms with van der Waals surface area (Å²) in [5, 5.41) is 3.31. The van der Waals surface area contributed by atoms with Gasteiger partial charge in [0.05, 0.1) is 5.39 Å². The summed E-state index contributed by atoms with van der Waals surface area (Å²) in [6.07, 6.45) is 6.51. The van der Waals surface area contributed by atoms with E-state index in [0.29, 0.717) is 0 Å². The van der Waals surface area contributed by atoms with Crippen molar-refractivity contribution in [1.82, 2.24) is 9.97 Å². The smallest absolute Gasteiger partial charge is 0.140 e. The van der Waals surface area contributed by atoms with Crippen molar-refractivity contribution in [3.8, 4) is 0 Å². The van der Waals surface area contributed by atoms with Crippen LogP contribution in [0.5, 0.6) is 0 Å². The number of aryl methyl sites for hydroxylation is 1. The minimum atomic E-state index is 0.786. The lowest BCUT2D eigenvalue weighted by Gasteiger charge is -2.33. The van der Waals surface area contributed by atoms with Crippen LogP contribution >= 0.6 is 11.3 Å². The van der Waals surface area contributed by atoms with E-state index in [0.717, 1.165) is 36.1 Å². The lowest BCUT2D eigenvalue weighted by molar-refractivity contribution is 0.402. The summed E-state index contributed by atoms with van der Waals surface area (Å²) in [6, 6.07) is 11.3. The monoisotopic (exact) mass is 337 g/mol. The van der Waals surface area contributed by atoms with E-state index < -0.39 is 0 Å². The highest BCUT2D eigenvalue weighted by Crippen LogP contribution is 2.30. The zero-order valence-corrected chi connectivity index (χ0v) is 14.9. The molecule has 4 heteroatoms. The number of rotatable bonds is 4. The molecule has 0 aliphatic carbocycles. The average Bonchev–Trinajstić information content (AvgIpc) is 3.12. The number of fused-ring (bicyclic) bond motifs is 1. The summed E-state index contributed by atoms with van der Waals surface area (Å²) in [5.41, 5.74) is 2.91. The van der Waals surface area contributed by atoms with Crippen LogP contribution < -0.4 is 4.90 Å². The Morgan fingerprint density at radius 3 is 2.54 bits per heavy atom. The number of hydrogen-bond donors (Lipinski definition) is 0. The molecular weight excluding hydrogens is 314 g/mol. The Kier molecular flexibility index (Phi) is 4.48. The van der Waals surface area contributed by atoms with E-state index in [1.807, 2.05) is 0 Å². The molecule has 4 rings (SSSR count). The summed E-state index contributed by atoms with van der Waals surface area (Å²) in [5.74, 6) is 1.90. The van der Waals surface area contributed by atoms with Crippen LogP contribution in [0.4, 0.5) is 5.82 Å². The van der Waals surface area contributed by atoms with Crippen molar-refractivity contribution in [2.45, 2.75) is 32.6 Å². The van der Waals surface area contributed by atoms with E-state index >= 15 is 0 Å². The van der Waals surface area contributed by atoms with E-state index in [2.05, 4.69) is 57.5 Å². The molecule has 24 heavy (non-hydrogen) atoms. The molecule has 3 aromatic rings. The van der Waals surface area contributed by atoms with Gasteiger partial charge in [-0.25, -0.2) is 9.97 Å². The third-order valence-electron chi connectivity index (χ3n) is 5.11. The molecule has 0 unspecified atom stereocenters.